The van der Waals surface area contributed by atoms with Crippen molar-refractivity contribution in [1.29, 1.82) is 0 Å². The van der Waals surface area contributed by atoms with E-state index in [1.807, 2.05) is 0 Å². The minimum atomic E-state index is -1.04. The van der Waals surface area contributed by atoms with Gasteiger partial charge in [-0.2, -0.15) is 0 Å². The Morgan fingerprint density at radius 3 is 2.81 bits per heavy atom. The second-order valence-electron chi connectivity index (χ2n) is 4.71. The number of carboxylic acids is 1. The van der Waals surface area contributed by atoms with Crippen molar-refractivity contribution in [3.05, 3.63) is 28.0 Å². The maximum Gasteiger partial charge on any atom is 0.327 e. The van der Waals surface area contributed by atoms with Gasteiger partial charge in [0.1, 0.15) is 11.9 Å². The van der Waals surface area contributed by atoms with Crippen LogP contribution in [0.25, 0.3) is 0 Å². The molecule has 1 aromatic rings. The number of carboxylic acid groups (broad SMARTS) is 1. The Bertz CT molecular complexity index is 599. The number of carbonyl (C=O) groups excluding carboxylic acids is 1. The third-order valence-corrected chi connectivity index (χ3v) is 5.08. The molecule has 21 heavy (non-hydrogen) atoms. The molecule has 0 radical (unpaired) electrons. The van der Waals surface area contributed by atoms with E-state index in [-0.39, 0.29) is 5.37 Å². The number of aryl methyl sites for hydroxylation is 1. The highest BCUT2D eigenvalue weighted by molar-refractivity contribution is 9.10. The first kappa shape index (κ1) is 16.1. The molecule has 1 aliphatic rings. The van der Waals surface area contributed by atoms with Gasteiger partial charge < -0.3 is 10.4 Å². The Hall–Kier alpha value is -1.28. The minimum absolute atomic E-state index is 0.244. The van der Waals surface area contributed by atoms with Crippen molar-refractivity contribution in [2.45, 2.75) is 25.3 Å². The van der Waals surface area contributed by atoms with Crippen LogP contribution in [0.2, 0.25) is 0 Å². The Morgan fingerprint density at radius 2 is 2.19 bits per heavy atom. The van der Waals surface area contributed by atoms with E-state index in [0.29, 0.717) is 21.5 Å². The summed E-state index contributed by atoms with van der Waals surface area (Å²) in [5.74, 6) is -1.19. The average molecular weight is 377 g/mol. The van der Waals surface area contributed by atoms with E-state index in [9.17, 15) is 14.0 Å². The molecule has 2 amide bonds. The van der Waals surface area contributed by atoms with Crippen LogP contribution in [0.1, 0.15) is 12.5 Å². The highest BCUT2D eigenvalue weighted by atomic mass is 79.9. The molecule has 114 valence electrons. The molecule has 0 aromatic heterocycles. The van der Waals surface area contributed by atoms with Crippen molar-refractivity contribution in [1.82, 2.24) is 4.90 Å². The zero-order valence-corrected chi connectivity index (χ0v) is 13.8. The number of rotatable bonds is 2. The number of benzene rings is 1. The van der Waals surface area contributed by atoms with Crippen molar-refractivity contribution < 1.29 is 19.1 Å². The van der Waals surface area contributed by atoms with Crippen LogP contribution in [0.5, 0.6) is 0 Å². The molecular weight excluding hydrogens is 363 g/mol. The monoisotopic (exact) mass is 376 g/mol. The Balaban J connectivity index is 2.21. The van der Waals surface area contributed by atoms with Gasteiger partial charge in [-0.1, -0.05) is 0 Å². The highest BCUT2D eigenvalue weighted by Gasteiger charge is 2.39. The fraction of sp³-hybridized carbons (Fsp3) is 0.385. The van der Waals surface area contributed by atoms with Crippen molar-refractivity contribution in [3.8, 4) is 0 Å². The maximum atomic E-state index is 13.6. The Labute approximate surface area is 134 Å². The van der Waals surface area contributed by atoms with E-state index in [4.69, 9.17) is 5.11 Å². The lowest BCUT2D eigenvalue weighted by Crippen LogP contribution is -2.46. The number of aliphatic carboxylic acids is 1. The van der Waals surface area contributed by atoms with Crippen LogP contribution in [0.4, 0.5) is 14.9 Å². The number of anilines is 1. The second-order valence-corrected chi connectivity index (χ2v) is 6.91. The molecule has 1 aliphatic heterocycles. The largest absolute Gasteiger partial charge is 0.480 e. The van der Waals surface area contributed by atoms with Crippen LogP contribution < -0.4 is 5.32 Å². The van der Waals surface area contributed by atoms with Gasteiger partial charge in [0.05, 0.1) is 9.85 Å². The van der Waals surface area contributed by atoms with Crippen LogP contribution >= 0.6 is 27.7 Å². The smallest absolute Gasteiger partial charge is 0.327 e. The van der Waals surface area contributed by atoms with E-state index in [1.165, 1.54) is 22.7 Å². The lowest BCUT2D eigenvalue weighted by atomic mass is 10.2. The first-order valence-corrected chi connectivity index (χ1v) is 8.04. The zero-order valence-electron chi connectivity index (χ0n) is 11.4. The summed E-state index contributed by atoms with van der Waals surface area (Å²) in [4.78, 5) is 24.7. The molecule has 0 saturated carbocycles. The zero-order chi connectivity index (χ0) is 15.7. The van der Waals surface area contributed by atoms with Crippen molar-refractivity contribution in [2.75, 3.05) is 11.1 Å². The maximum absolute atomic E-state index is 13.6. The second kappa shape index (κ2) is 6.23. The predicted octanol–water partition coefficient (Wildman–Crippen LogP) is 3.28. The summed E-state index contributed by atoms with van der Waals surface area (Å²) in [7, 11) is 0. The summed E-state index contributed by atoms with van der Waals surface area (Å²) in [6.07, 6.45) is 0. The minimum Gasteiger partial charge on any atom is -0.480 e. The van der Waals surface area contributed by atoms with Gasteiger partial charge in [-0.3, -0.25) is 4.90 Å². The standard InChI is InChI=1S/C13H14BrFN2O3S/c1-6-3-8(14)9(15)4-10(6)16-13(20)17-7(2)21-5-11(17)12(18)19/h3-4,7,11H,5H2,1-2H3,(H,16,20)(H,18,19). The van der Waals surface area contributed by atoms with Crippen molar-refractivity contribution in [3.63, 3.8) is 0 Å². The van der Waals surface area contributed by atoms with Crippen LogP contribution in [0.3, 0.4) is 0 Å². The number of nitrogens with zero attached hydrogens (tertiary/aromatic N) is 1. The van der Waals surface area contributed by atoms with Gasteiger partial charge in [0.25, 0.3) is 0 Å². The highest BCUT2D eigenvalue weighted by Crippen LogP contribution is 2.30. The van der Waals surface area contributed by atoms with Gasteiger partial charge in [0.2, 0.25) is 0 Å². The molecule has 1 saturated heterocycles. The first-order valence-electron chi connectivity index (χ1n) is 6.20. The van der Waals surface area contributed by atoms with E-state index in [2.05, 4.69) is 21.2 Å². The topological polar surface area (TPSA) is 69.6 Å². The lowest BCUT2D eigenvalue weighted by Gasteiger charge is -2.25. The molecule has 0 spiro atoms. The third-order valence-electron chi connectivity index (χ3n) is 3.25. The molecule has 0 aliphatic carbocycles. The van der Waals surface area contributed by atoms with Crippen molar-refractivity contribution in [2.24, 2.45) is 0 Å². The van der Waals surface area contributed by atoms with Gasteiger partial charge in [-0.15, -0.1) is 11.8 Å². The number of hydrogen-bond donors (Lipinski definition) is 2. The first-order chi connectivity index (χ1) is 9.81. The van der Waals surface area contributed by atoms with Crippen LogP contribution in [-0.4, -0.2) is 39.2 Å². The summed E-state index contributed by atoms with van der Waals surface area (Å²) in [5, 5.41) is 11.5. The number of urea groups is 1. The molecule has 2 unspecified atom stereocenters. The predicted molar refractivity (Wildman–Crippen MR) is 83.0 cm³/mol. The summed E-state index contributed by atoms with van der Waals surface area (Å²) < 4.78 is 13.9. The number of hydrogen-bond acceptors (Lipinski definition) is 3. The molecule has 2 atom stereocenters. The number of amides is 2. The number of halogens is 2. The number of nitrogens with one attached hydrogen (secondary N) is 1. The van der Waals surface area contributed by atoms with E-state index in [0.717, 1.165) is 0 Å². The third kappa shape index (κ3) is 3.32. The normalized spacial score (nSPS) is 21.4. The molecule has 5 nitrogen and oxygen atoms in total. The van der Waals surface area contributed by atoms with Gasteiger partial charge in [0, 0.05) is 11.4 Å². The lowest BCUT2D eigenvalue weighted by molar-refractivity contribution is -0.141. The number of carbonyl (C=O) groups is 2. The van der Waals surface area contributed by atoms with Gasteiger partial charge >= 0.3 is 12.0 Å². The van der Waals surface area contributed by atoms with Crippen molar-refractivity contribution >= 4 is 45.4 Å². The SMILES string of the molecule is Cc1cc(Br)c(F)cc1NC(=O)N1C(C)SCC1C(=O)O. The van der Waals surface area contributed by atoms with Gasteiger partial charge in [-0.05, 0) is 47.5 Å². The summed E-state index contributed by atoms with van der Waals surface area (Å²) >= 11 is 4.46. The van der Waals surface area contributed by atoms with E-state index >= 15 is 0 Å². The Kier molecular flexibility index (Phi) is 4.77. The molecule has 1 aromatic carbocycles. The Morgan fingerprint density at radius 1 is 1.52 bits per heavy atom. The molecule has 8 heteroatoms. The molecule has 2 N–H and O–H groups in total. The summed E-state index contributed by atoms with van der Waals surface area (Å²) in [6.45, 7) is 3.50. The molecule has 0 bridgehead atoms. The molecule has 1 heterocycles. The van der Waals surface area contributed by atoms with Crippen LogP contribution in [-0.2, 0) is 4.79 Å². The molecular formula is C13H14BrFN2O3S. The number of thioether (sulfide) groups is 1. The fourth-order valence-electron chi connectivity index (χ4n) is 2.10. The van der Waals surface area contributed by atoms with Crippen LogP contribution in [0.15, 0.2) is 16.6 Å². The van der Waals surface area contributed by atoms with Gasteiger partial charge in [-0.25, -0.2) is 14.0 Å². The summed E-state index contributed by atoms with van der Waals surface area (Å²) in [6, 6.07) is 1.36. The van der Waals surface area contributed by atoms with E-state index < -0.39 is 23.9 Å². The molecule has 1 fully saturated rings. The average Bonchev–Trinajstić information content (AvgIpc) is 2.78. The summed E-state index contributed by atoms with van der Waals surface area (Å²) in [5.41, 5.74) is 1.01. The van der Waals surface area contributed by atoms with Gasteiger partial charge in [0.15, 0.2) is 0 Å². The van der Waals surface area contributed by atoms with Crippen LogP contribution in [0, 0.1) is 12.7 Å². The quantitative estimate of drug-likeness (QED) is 0.830. The molecule has 2 rings (SSSR count). The fourth-order valence-corrected chi connectivity index (χ4v) is 3.73. The van der Waals surface area contributed by atoms with E-state index in [1.54, 1.807) is 19.9 Å².